The van der Waals surface area contributed by atoms with Gasteiger partial charge in [-0.15, -0.1) is 5.75 Å². The number of hydrogen-bond acceptors (Lipinski definition) is 6. The fourth-order valence-corrected chi connectivity index (χ4v) is 8.38. The van der Waals surface area contributed by atoms with Crippen LogP contribution in [0.4, 0.5) is 0 Å². The Hall–Kier alpha value is -4.45. The number of benzene rings is 4. The van der Waals surface area contributed by atoms with Crippen molar-refractivity contribution in [1.29, 1.82) is 0 Å². The summed E-state index contributed by atoms with van der Waals surface area (Å²) in [5.74, 6) is 3.58. The first-order chi connectivity index (χ1) is 24.2. The van der Waals surface area contributed by atoms with E-state index in [1.54, 1.807) is 26.4 Å². The summed E-state index contributed by atoms with van der Waals surface area (Å²) in [6, 6.07) is 24.2. The van der Waals surface area contributed by atoms with Gasteiger partial charge in [0.05, 0.1) is 0 Å². The minimum atomic E-state index is -0.209. The second-order valence-corrected chi connectivity index (χ2v) is 16.7. The van der Waals surface area contributed by atoms with Gasteiger partial charge in [-0.25, -0.2) is 0 Å². The van der Waals surface area contributed by atoms with Crippen molar-refractivity contribution < 1.29 is 52.3 Å². The fourth-order valence-electron chi connectivity index (χ4n) is 6.40. The Balaban J connectivity index is 0.000000299. The van der Waals surface area contributed by atoms with Crippen molar-refractivity contribution in [1.82, 2.24) is 0 Å². The number of rotatable bonds is 6. The third-order valence-corrected chi connectivity index (χ3v) is 10.9. The first-order valence-corrected chi connectivity index (χ1v) is 18.6. The Kier molecular flexibility index (Phi) is 11.7. The standard InChI is InChI=1S/C30H42N2O4.C12H10O2.Cr/c1-29(2,3)23-15-21(35-7)13-19(27(23)33)17-31-25-11-9-10-12-26(25)32-18-20-14-22(36-8)16-24(28(20)34)30(4,5)6;13-10-6-8-12(9-7-10)14-11-4-2-1-3-5-11;/h13-18,25-26,33-34H,9-12H2,1-8H3;1-9,13H;/q;;+2/p-1. The van der Waals surface area contributed by atoms with Crippen molar-refractivity contribution in [2.24, 2.45) is 0 Å². The zero-order valence-electron chi connectivity index (χ0n) is 31.0. The van der Waals surface area contributed by atoms with Gasteiger partial charge in [0.1, 0.15) is 11.5 Å². The number of ether oxygens (including phenoxy) is 3. The average Bonchev–Trinajstić information content (AvgIpc) is 3.43. The van der Waals surface area contributed by atoms with E-state index in [2.05, 4.69) is 61.1 Å². The van der Waals surface area contributed by atoms with E-state index in [9.17, 15) is 15.3 Å². The molecule has 51 heavy (non-hydrogen) atoms. The number of phenolic OH excluding ortho intramolecular Hbond substituents is 2. The molecule has 8 nitrogen and oxygen atoms in total. The van der Waals surface area contributed by atoms with Crippen molar-refractivity contribution in [2.75, 3.05) is 14.2 Å². The minimum absolute atomic E-state index is 0.00888. The summed E-state index contributed by atoms with van der Waals surface area (Å²) in [5.41, 5.74) is 2.92. The van der Waals surface area contributed by atoms with Gasteiger partial charge in [0.2, 0.25) is 0 Å². The van der Waals surface area contributed by atoms with Gasteiger partial charge in [0, 0.05) is 0 Å². The molecule has 9 heteroatoms. The zero-order valence-corrected chi connectivity index (χ0v) is 32.2. The maximum atomic E-state index is 11.2. The fraction of sp³-hybridized carbons (Fsp3) is 0.381. The van der Waals surface area contributed by atoms with E-state index >= 15 is 0 Å². The molecule has 2 fully saturated rings. The largest absolute Gasteiger partial charge is 0.872 e. The van der Waals surface area contributed by atoms with Crippen molar-refractivity contribution in [3.05, 3.63) is 101 Å². The SMILES string of the molecule is COc1cc(C=[N+]2[Cr][N+](=Cc3cc(OC)cc(C(C)(C)C)c3O)C3CCCCC32)c(O)c(C(C)(C)C)c1.[O-]c1ccc(Oc2ccccc2)cc1. The summed E-state index contributed by atoms with van der Waals surface area (Å²) >= 11 is -0.0332. The number of aromatic hydroxyl groups is 2. The summed E-state index contributed by atoms with van der Waals surface area (Å²) in [6.07, 6.45) is 8.87. The average molecular weight is 732 g/mol. The number of nitrogens with zero attached hydrogens (tertiary/aromatic N) is 2. The molecule has 2 atom stereocenters. The summed E-state index contributed by atoms with van der Waals surface area (Å²) in [7, 11) is 3.34. The van der Waals surface area contributed by atoms with Crippen LogP contribution >= 0.6 is 0 Å². The Morgan fingerprint density at radius 3 is 1.49 bits per heavy atom. The maximum Gasteiger partial charge on any atom is 0.127 e. The Bertz CT molecular complexity index is 1780. The van der Waals surface area contributed by atoms with Crippen LogP contribution in [0.25, 0.3) is 0 Å². The minimum Gasteiger partial charge on any atom is -0.872 e. The topological polar surface area (TPSA) is 97.2 Å². The first kappa shape index (κ1) is 37.8. The van der Waals surface area contributed by atoms with Gasteiger partial charge < -0.3 is 9.84 Å². The van der Waals surface area contributed by atoms with E-state index in [0.717, 1.165) is 52.3 Å². The smallest absolute Gasteiger partial charge is 0.127 e. The van der Waals surface area contributed by atoms with Crippen LogP contribution in [-0.4, -0.2) is 56.1 Å². The van der Waals surface area contributed by atoms with Gasteiger partial charge in [-0.2, -0.15) is 0 Å². The molecule has 1 saturated heterocycles. The van der Waals surface area contributed by atoms with Crippen LogP contribution in [0.5, 0.6) is 40.2 Å². The summed E-state index contributed by atoms with van der Waals surface area (Å²) in [5, 5.41) is 33.3. The number of methoxy groups -OCH3 is 2. The molecular formula is C42H51CrN2O6+. The molecular weight excluding hydrogens is 680 g/mol. The van der Waals surface area contributed by atoms with Crippen molar-refractivity contribution in [2.45, 2.75) is 90.1 Å². The van der Waals surface area contributed by atoms with E-state index in [1.807, 2.05) is 54.6 Å². The molecule has 270 valence electrons. The molecule has 2 aliphatic rings. The van der Waals surface area contributed by atoms with Crippen LogP contribution in [0.1, 0.15) is 89.5 Å². The molecule has 1 saturated carbocycles. The number of fused-ring (bicyclic) bond motifs is 1. The van der Waals surface area contributed by atoms with Crippen LogP contribution in [-0.2, 0) is 26.5 Å². The second kappa shape index (κ2) is 15.8. The van der Waals surface area contributed by atoms with Crippen molar-refractivity contribution in [3.8, 4) is 40.2 Å². The molecule has 0 amide bonds. The van der Waals surface area contributed by atoms with Crippen LogP contribution in [0.3, 0.4) is 0 Å². The molecule has 0 radical (unpaired) electrons. The molecule has 2 N–H and O–H groups in total. The maximum absolute atomic E-state index is 11.2. The quantitative estimate of drug-likeness (QED) is 0.208. The molecule has 1 heterocycles. The molecule has 0 aromatic heterocycles. The van der Waals surface area contributed by atoms with Crippen LogP contribution in [0.15, 0.2) is 78.9 Å². The third-order valence-electron chi connectivity index (χ3n) is 9.18. The van der Waals surface area contributed by atoms with Gasteiger partial charge in [0.15, 0.2) is 0 Å². The molecule has 0 spiro atoms. The summed E-state index contributed by atoms with van der Waals surface area (Å²) < 4.78 is 21.5. The van der Waals surface area contributed by atoms with E-state index in [4.69, 9.17) is 14.2 Å². The number of para-hydroxylation sites is 1. The molecule has 1 aliphatic carbocycles. The first-order valence-electron chi connectivity index (χ1n) is 17.5. The van der Waals surface area contributed by atoms with Gasteiger partial charge in [-0.05, 0) is 24.3 Å². The molecule has 6 rings (SSSR count). The predicted molar refractivity (Wildman–Crippen MR) is 196 cm³/mol. The van der Waals surface area contributed by atoms with Crippen LogP contribution in [0.2, 0.25) is 0 Å². The summed E-state index contributed by atoms with van der Waals surface area (Å²) in [4.78, 5) is 0. The second-order valence-electron chi connectivity index (χ2n) is 15.1. The molecule has 1 aliphatic heterocycles. The van der Waals surface area contributed by atoms with Crippen molar-refractivity contribution in [3.63, 3.8) is 0 Å². The number of phenols is 2. The van der Waals surface area contributed by atoms with Crippen LogP contribution < -0.4 is 19.3 Å². The van der Waals surface area contributed by atoms with E-state index in [0.29, 0.717) is 29.3 Å². The molecule has 4 aromatic rings. The van der Waals surface area contributed by atoms with Gasteiger partial charge >= 0.3 is 229 Å². The normalized spacial score (nSPS) is 18.9. The Morgan fingerprint density at radius 2 is 1.08 bits per heavy atom. The summed E-state index contributed by atoms with van der Waals surface area (Å²) in [6.45, 7) is 12.6. The number of hydrogen-bond donors (Lipinski definition) is 2. The predicted octanol–water partition coefficient (Wildman–Crippen LogP) is 8.06. The molecule has 2 unspecified atom stereocenters. The zero-order chi connectivity index (χ0) is 36.9. The van der Waals surface area contributed by atoms with Gasteiger partial charge in [-0.1, -0.05) is 30.3 Å². The molecule has 0 bridgehead atoms. The van der Waals surface area contributed by atoms with Gasteiger partial charge in [-0.3, -0.25) is 0 Å². The Morgan fingerprint density at radius 1 is 0.647 bits per heavy atom. The van der Waals surface area contributed by atoms with E-state index in [-0.39, 0.29) is 32.2 Å². The third kappa shape index (κ3) is 9.27. The van der Waals surface area contributed by atoms with E-state index in [1.165, 1.54) is 25.0 Å². The van der Waals surface area contributed by atoms with E-state index < -0.39 is 0 Å². The molecule has 4 aromatic carbocycles. The van der Waals surface area contributed by atoms with Crippen LogP contribution in [0, 0.1) is 0 Å². The van der Waals surface area contributed by atoms with Gasteiger partial charge in [0.25, 0.3) is 0 Å². The van der Waals surface area contributed by atoms with Crippen molar-refractivity contribution >= 4 is 12.4 Å². The monoisotopic (exact) mass is 731 g/mol. The Labute approximate surface area is 309 Å².